The number of aryl methyl sites for hydroxylation is 1. The van der Waals surface area contributed by atoms with E-state index in [1.54, 1.807) is 24.1 Å². The van der Waals surface area contributed by atoms with Crippen molar-refractivity contribution in [3.8, 4) is 11.5 Å². The van der Waals surface area contributed by atoms with Gasteiger partial charge in [-0.15, -0.1) is 0 Å². The van der Waals surface area contributed by atoms with Crippen LogP contribution in [0.4, 0.5) is 5.69 Å². The molecule has 0 atom stereocenters. The lowest BCUT2D eigenvalue weighted by Gasteiger charge is -2.29. The smallest absolute Gasteiger partial charge is 0.264 e. The van der Waals surface area contributed by atoms with Crippen molar-refractivity contribution >= 4 is 17.4 Å². The highest BCUT2D eigenvalue weighted by Gasteiger charge is 2.27. The van der Waals surface area contributed by atoms with E-state index in [9.17, 15) is 9.59 Å². The van der Waals surface area contributed by atoms with Crippen molar-refractivity contribution in [2.45, 2.75) is 13.3 Å². The molecule has 124 valence electrons. The number of carbonyl (C=O) groups excluding carboxylic acids is 2. The maximum Gasteiger partial charge on any atom is 0.264 e. The van der Waals surface area contributed by atoms with Crippen LogP contribution in [-0.2, 0) is 4.79 Å². The molecule has 3 rings (SSSR count). The number of rotatable bonds is 4. The first-order chi connectivity index (χ1) is 11.6. The number of Topliss-reactive ketones (excluding diaryl/α,β-unsaturated/α-hetero) is 1. The summed E-state index contributed by atoms with van der Waals surface area (Å²) in [4.78, 5) is 26.3. The van der Waals surface area contributed by atoms with Crippen LogP contribution in [0.5, 0.6) is 11.5 Å². The third kappa shape index (κ3) is 3.11. The standard InChI is InChI=1S/C19H19NO4/c1-13-7-8-15-14(11-13)16(21)9-10-20(15)19(22)12-24-18-6-4-3-5-17(18)23-2/h3-8,11H,9-10,12H2,1-2H3. The van der Waals surface area contributed by atoms with Gasteiger partial charge in [0.1, 0.15) is 0 Å². The molecule has 0 spiro atoms. The highest BCUT2D eigenvalue weighted by atomic mass is 16.5. The molecular weight excluding hydrogens is 306 g/mol. The summed E-state index contributed by atoms with van der Waals surface area (Å²) in [5, 5.41) is 0. The Bertz CT molecular complexity index is 785. The van der Waals surface area contributed by atoms with Crippen molar-refractivity contribution < 1.29 is 19.1 Å². The van der Waals surface area contributed by atoms with Crippen LogP contribution < -0.4 is 14.4 Å². The largest absolute Gasteiger partial charge is 0.493 e. The molecule has 0 aliphatic carbocycles. The first kappa shape index (κ1) is 16.1. The summed E-state index contributed by atoms with van der Waals surface area (Å²) in [6, 6.07) is 12.7. The lowest BCUT2D eigenvalue weighted by Crippen LogP contribution is -2.40. The van der Waals surface area contributed by atoms with Crippen LogP contribution in [0.1, 0.15) is 22.3 Å². The van der Waals surface area contributed by atoms with E-state index in [0.717, 1.165) is 5.56 Å². The Labute approximate surface area is 140 Å². The number of carbonyl (C=O) groups is 2. The van der Waals surface area contributed by atoms with Crippen LogP contribution in [-0.4, -0.2) is 32.0 Å². The van der Waals surface area contributed by atoms with Crippen LogP contribution in [0, 0.1) is 6.92 Å². The molecule has 0 N–H and O–H groups in total. The van der Waals surface area contributed by atoms with Crippen LogP contribution in [0.15, 0.2) is 42.5 Å². The molecule has 0 radical (unpaired) electrons. The van der Waals surface area contributed by atoms with Gasteiger partial charge in [-0.05, 0) is 31.2 Å². The first-order valence-electron chi connectivity index (χ1n) is 7.80. The third-order valence-electron chi connectivity index (χ3n) is 4.03. The molecule has 2 aromatic rings. The summed E-state index contributed by atoms with van der Waals surface area (Å²) in [5.41, 5.74) is 2.26. The lowest BCUT2D eigenvalue weighted by molar-refractivity contribution is -0.120. The summed E-state index contributed by atoms with van der Waals surface area (Å²) in [5.74, 6) is 0.989. The number of hydrogen-bond donors (Lipinski definition) is 0. The van der Waals surface area contributed by atoms with Gasteiger partial charge >= 0.3 is 0 Å². The molecule has 0 fully saturated rings. The zero-order valence-electron chi connectivity index (χ0n) is 13.7. The number of fused-ring (bicyclic) bond motifs is 1. The zero-order chi connectivity index (χ0) is 17.1. The maximum absolute atomic E-state index is 12.6. The van der Waals surface area contributed by atoms with Gasteiger partial charge < -0.3 is 14.4 Å². The van der Waals surface area contributed by atoms with E-state index in [1.165, 1.54) is 0 Å². The third-order valence-corrected chi connectivity index (χ3v) is 4.03. The highest BCUT2D eigenvalue weighted by molar-refractivity contribution is 6.09. The fourth-order valence-corrected chi connectivity index (χ4v) is 2.79. The van der Waals surface area contributed by atoms with Gasteiger partial charge in [-0.1, -0.05) is 23.8 Å². The minimum atomic E-state index is -0.182. The van der Waals surface area contributed by atoms with Gasteiger partial charge in [0.2, 0.25) is 0 Å². The molecule has 0 aromatic heterocycles. The first-order valence-corrected chi connectivity index (χ1v) is 7.80. The van der Waals surface area contributed by atoms with Gasteiger partial charge in [0, 0.05) is 18.5 Å². The van der Waals surface area contributed by atoms with Gasteiger partial charge in [0.05, 0.1) is 12.8 Å². The summed E-state index contributed by atoms with van der Waals surface area (Å²) in [6.45, 7) is 2.20. The second-order valence-corrected chi connectivity index (χ2v) is 5.68. The fraction of sp³-hybridized carbons (Fsp3) is 0.263. The van der Waals surface area contributed by atoms with E-state index in [-0.39, 0.29) is 18.3 Å². The number of para-hydroxylation sites is 2. The van der Waals surface area contributed by atoms with E-state index in [1.807, 2.05) is 37.3 Å². The molecular formula is C19H19NO4. The molecule has 0 saturated heterocycles. The monoisotopic (exact) mass is 325 g/mol. The average molecular weight is 325 g/mol. The number of methoxy groups -OCH3 is 1. The number of ether oxygens (including phenoxy) is 2. The van der Waals surface area contributed by atoms with E-state index in [4.69, 9.17) is 9.47 Å². The van der Waals surface area contributed by atoms with Gasteiger partial charge in [-0.3, -0.25) is 9.59 Å². The highest BCUT2D eigenvalue weighted by Crippen LogP contribution is 2.29. The number of nitrogens with zero attached hydrogens (tertiary/aromatic N) is 1. The van der Waals surface area contributed by atoms with E-state index >= 15 is 0 Å². The molecule has 2 aromatic carbocycles. The van der Waals surface area contributed by atoms with Gasteiger partial charge in [-0.25, -0.2) is 0 Å². The number of hydrogen-bond acceptors (Lipinski definition) is 4. The second kappa shape index (κ2) is 6.74. The van der Waals surface area contributed by atoms with Gasteiger partial charge in [0.15, 0.2) is 23.9 Å². The molecule has 5 heteroatoms. The Morgan fingerprint density at radius 3 is 2.67 bits per heavy atom. The fourth-order valence-electron chi connectivity index (χ4n) is 2.79. The zero-order valence-corrected chi connectivity index (χ0v) is 13.7. The number of benzene rings is 2. The Balaban J connectivity index is 1.77. The second-order valence-electron chi connectivity index (χ2n) is 5.68. The average Bonchev–Trinajstić information content (AvgIpc) is 2.60. The van der Waals surface area contributed by atoms with E-state index in [2.05, 4.69) is 0 Å². The van der Waals surface area contributed by atoms with Crippen LogP contribution in [0.3, 0.4) is 0 Å². The Hall–Kier alpha value is -2.82. The normalized spacial score (nSPS) is 13.4. The molecule has 0 saturated carbocycles. The van der Waals surface area contributed by atoms with Crippen LogP contribution in [0.25, 0.3) is 0 Å². The minimum Gasteiger partial charge on any atom is -0.493 e. The number of anilines is 1. The van der Waals surface area contributed by atoms with Crippen LogP contribution in [0.2, 0.25) is 0 Å². The SMILES string of the molecule is COc1ccccc1OCC(=O)N1CCC(=O)c2cc(C)ccc21. The van der Waals surface area contributed by atoms with Crippen molar-refractivity contribution in [2.75, 3.05) is 25.2 Å². The van der Waals surface area contributed by atoms with Gasteiger partial charge in [0.25, 0.3) is 5.91 Å². The molecule has 1 aliphatic rings. The number of amides is 1. The maximum atomic E-state index is 12.6. The van der Waals surface area contributed by atoms with E-state index in [0.29, 0.717) is 35.7 Å². The molecule has 1 heterocycles. The molecule has 0 bridgehead atoms. The summed E-state index contributed by atoms with van der Waals surface area (Å²) < 4.78 is 10.8. The lowest BCUT2D eigenvalue weighted by atomic mass is 9.98. The molecule has 24 heavy (non-hydrogen) atoms. The Morgan fingerprint density at radius 1 is 1.17 bits per heavy atom. The van der Waals surface area contributed by atoms with E-state index < -0.39 is 0 Å². The Morgan fingerprint density at radius 2 is 1.92 bits per heavy atom. The predicted octanol–water partition coefficient (Wildman–Crippen LogP) is 3.00. The Kier molecular flexibility index (Phi) is 4.51. The summed E-state index contributed by atoms with van der Waals surface area (Å²) in [7, 11) is 1.55. The number of ketones is 1. The molecule has 1 aliphatic heterocycles. The van der Waals surface area contributed by atoms with Crippen molar-refractivity contribution in [1.29, 1.82) is 0 Å². The molecule has 1 amide bonds. The summed E-state index contributed by atoms with van der Waals surface area (Å²) >= 11 is 0. The predicted molar refractivity (Wildman–Crippen MR) is 91.0 cm³/mol. The van der Waals surface area contributed by atoms with Crippen molar-refractivity contribution in [1.82, 2.24) is 0 Å². The minimum absolute atomic E-state index is 0.0726. The topological polar surface area (TPSA) is 55.8 Å². The molecule has 5 nitrogen and oxygen atoms in total. The molecule has 0 unspecified atom stereocenters. The summed E-state index contributed by atoms with van der Waals surface area (Å²) in [6.07, 6.45) is 0.330. The van der Waals surface area contributed by atoms with Crippen molar-refractivity contribution in [2.24, 2.45) is 0 Å². The van der Waals surface area contributed by atoms with Crippen molar-refractivity contribution in [3.63, 3.8) is 0 Å². The quantitative estimate of drug-likeness (QED) is 0.867. The van der Waals surface area contributed by atoms with Gasteiger partial charge in [-0.2, -0.15) is 0 Å². The van der Waals surface area contributed by atoms with Crippen molar-refractivity contribution in [3.05, 3.63) is 53.6 Å². The van der Waals surface area contributed by atoms with Crippen LogP contribution >= 0.6 is 0 Å².